The number of aliphatic imine (C=N–C) groups is 1. The van der Waals surface area contributed by atoms with Crippen molar-refractivity contribution >= 4 is 27.8 Å². The largest absolute Gasteiger partial charge is 0.357 e. The molecule has 0 aromatic heterocycles. The quantitative estimate of drug-likeness (QED) is 0.420. The third kappa shape index (κ3) is 6.06. The number of carbonyl (C=O) groups excluding carboxylic acids is 1. The predicted molar refractivity (Wildman–Crippen MR) is 86.1 cm³/mol. The zero-order valence-corrected chi connectivity index (χ0v) is 13.5. The summed E-state index contributed by atoms with van der Waals surface area (Å²) in [6.45, 7) is 6.71. The van der Waals surface area contributed by atoms with Gasteiger partial charge in [-0.1, -0.05) is 22.0 Å². The molecule has 0 heterocycles. The van der Waals surface area contributed by atoms with Gasteiger partial charge in [0.2, 0.25) is 0 Å². The van der Waals surface area contributed by atoms with E-state index in [4.69, 9.17) is 0 Å². The van der Waals surface area contributed by atoms with E-state index >= 15 is 0 Å². The Hall–Kier alpha value is -1.56. The van der Waals surface area contributed by atoms with Gasteiger partial charge in [0.1, 0.15) is 0 Å². The Balaban J connectivity index is 2.39. The molecular weight excluding hydrogens is 320 g/mol. The van der Waals surface area contributed by atoms with Gasteiger partial charge in [0.25, 0.3) is 5.91 Å². The van der Waals surface area contributed by atoms with Crippen LogP contribution in [0.5, 0.6) is 0 Å². The van der Waals surface area contributed by atoms with Gasteiger partial charge in [0.05, 0.1) is 6.54 Å². The first kappa shape index (κ1) is 16.5. The van der Waals surface area contributed by atoms with Crippen LogP contribution >= 0.6 is 15.9 Å². The molecule has 6 heteroatoms. The number of nitrogens with zero attached hydrogens (tertiary/aromatic N) is 1. The van der Waals surface area contributed by atoms with Gasteiger partial charge in [-0.15, -0.1) is 0 Å². The maximum absolute atomic E-state index is 11.9. The SMILES string of the molecule is CCNC(=NCCNC(=O)c1cccc(Br)c1)NCC. The molecule has 0 atom stereocenters. The second-order valence-electron chi connectivity index (χ2n) is 4.06. The molecule has 3 N–H and O–H groups in total. The van der Waals surface area contributed by atoms with Crippen LogP contribution in [0.1, 0.15) is 24.2 Å². The number of amides is 1. The van der Waals surface area contributed by atoms with Crippen molar-refractivity contribution in [2.75, 3.05) is 26.2 Å². The van der Waals surface area contributed by atoms with E-state index in [1.54, 1.807) is 12.1 Å². The summed E-state index contributed by atoms with van der Waals surface area (Å²) in [5, 5.41) is 9.10. The zero-order valence-electron chi connectivity index (χ0n) is 11.9. The molecule has 0 aliphatic carbocycles. The fraction of sp³-hybridized carbons (Fsp3) is 0.429. The molecule has 0 aliphatic heterocycles. The van der Waals surface area contributed by atoms with Crippen LogP contribution in [0.15, 0.2) is 33.7 Å². The molecule has 1 aromatic rings. The van der Waals surface area contributed by atoms with Crippen LogP contribution in [-0.4, -0.2) is 38.0 Å². The number of carbonyl (C=O) groups is 1. The van der Waals surface area contributed by atoms with E-state index in [1.165, 1.54) is 0 Å². The van der Waals surface area contributed by atoms with Gasteiger partial charge in [0.15, 0.2) is 5.96 Å². The summed E-state index contributed by atoms with van der Waals surface area (Å²) >= 11 is 3.35. The lowest BCUT2D eigenvalue weighted by atomic mass is 10.2. The highest BCUT2D eigenvalue weighted by atomic mass is 79.9. The molecule has 1 rings (SSSR count). The monoisotopic (exact) mass is 340 g/mol. The second kappa shape index (κ2) is 9.36. The molecule has 1 aromatic carbocycles. The maximum Gasteiger partial charge on any atom is 0.251 e. The normalized spacial score (nSPS) is 9.75. The van der Waals surface area contributed by atoms with Crippen molar-refractivity contribution in [3.05, 3.63) is 34.3 Å². The van der Waals surface area contributed by atoms with Crippen LogP contribution in [0.2, 0.25) is 0 Å². The molecule has 20 heavy (non-hydrogen) atoms. The molecule has 0 aliphatic rings. The van der Waals surface area contributed by atoms with E-state index in [9.17, 15) is 4.79 Å². The highest BCUT2D eigenvalue weighted by molar-refractivity contribution is 9.10. The van der Waals surface area contributed by atoms with Crippen molar-refractivity contribution in [3.63, 3.8) is 0 Å². The van der Waals surface area contributed by atoms with Crippen molar-refractivity contribution in [2.45, 2.75) is 13.8 Å². The Kier molecular flexibility index (Phi) is 7.72. The first-order chi connectivity index (χ1) is 9.67. The zero-order chi connectivity index (χ0) is 14.8. The summed E-state index contributed by atoms with van der Waals surface area (Å²) in [5.41, 5.74) is 0.641. The van der Waals surface area contributed by atoms with E-state index in [-0.39, 0.29) is 5.91 Å². The van der Waals surface area contributed by atoms with Crippen LogP contribution in [0, 0.1) is 0 Å². The van der Waals surface area contributed by atoms with Gasteiger partial charge in [-0.3, -0.25) is 9.79 Å². The van der Waals surface area contributed by atoms with Crippen molar-refractivity contribution in [1.29, 1.82) is 0 Å². The Morgan fingerprint density at radius 1 is 1.20 bits per heavy atom. The lowest BCUT2D eigenvalue weighted by Crippen LogP contribution is -2.37. The Morgan fingerprint density at radius 3 is 2.50 bits per heavy atom. The summed E-state index contributed by atoms with van der Waals surface area (Å²) in [6.07, 6.45) is 0. The van der Waals surface area contributed by atoms with Crippen molar-refractivity contribution < 1.29 is 4.79 Å². The topological polar surface area (TPSA) is 65.5 Å². The standard InChI is InChI=1S/C14H21BrN4O/c1-3-16-14(17-4-2)19-9-8-18-13(20)11-6-5-7-12(15)10-11/h5-7,10H,3-4,8-9H2,1-2H3,(H,18,20)(H2,16,17,19). The molecule has 0 unspecified atom stereocenters. The number of guanidine groups is 1. The van der Waals surface area contributed by atoms with Crippen LogP contribution in [0.25, 0.3) is 0 Å². The maximum atomic E-state index is 11.9. The molecule has 0 radical (unpaired) electrons. The Bertz CT molecular complexity index is 454. The van der Waals surface area contributed by atoms with Crippen molar-refractivity contribution in [1.82, 2.24) is 16.0 Å². The Labute approximate surface area is 128 Å². The molecule has 0 fully saturated rings. The Morgan fingerprint density at radius 2 is 1.90 bits per heavy atom. The summed E-state index contributed by atoms with van der Waals surface area (Å²) in [7, 11) is 0. The summed E-state index contributed by atoms with van der Waals surface area (Å²) in [6, 6.07) is 7.30. The molecule has 0 saturated heterocycles. The van der Waals surface area contributed by atoms with E-state index in [0.29, 0.717) is 18.7 Å². The van der Waals surface area contributed by atoms with Gasteiger partial charge in [-0.2, -0.15) is 0 Å². The van der Waals surface area contributed by atoms with Crippen molar-refractivity contribution in [3.8, 4) is 0 Å². The van der Waals surface area contributed by atoms with Crippen LogP contribution in [-0.2, 0) is 0 Å². The fourth-order valence-corrected chi connectivity index (χ4v) is 1.98. The smallest absolute Gasteiger partial charge is 0.251 e. The average Bonchev–Trinajstić information content (AvgIpc) is 2.43. The van der Waals surface area contributed by atoms with Gasteiger partial charge >= 0.3 is 0 Å². The highest BCUT2D eigenvalue weighted by Gasteiger charge is 2.04. The minimum Gasteiger partial charge on any atom is -0.357 e. The average molecular weight is 341 g/mol. The van der Waals surface area contributed by atoms with Crippen molar-refractivity contribution in [2.24, 2.45) is 4.99 Å². The molecule has 0 saturated carbocycles. The highest BCUT2D eigenvalue weighted by Crippen LogP contribution is 2.11. The van der Waals surface area contributed by atoms with E-state index in [1.807, 2.05) is 26.0 Å². The summed E-state index contributed by atoms with van der Waals surface area (Å²) < 4.78 is 0.893. The van der Waals surface area contributed by atoms with Gasteiger partial charge in [-0.25, -0.2) is 0 Å². The van der Waals surface area contributed by atoms with Crippen LogP contribution in [0.3, 0.4) is 0 Å². The predicted octanol–water partition coefficient (Wildman–Crippen LogP) is 1.75. The third-order valence-electron chi connectivity index (χ3n) is 2.44. The molecule has 110 valence electrons. The number of halogens is 1. The molecule has 1 amide bonds. The van der Waals surface area contributed by atoms with Gasteiger partial charge < -0.3 is 16.0 Å². The number of rotatable bonds is 6. The molecular formula is C14H21BrN4O. The molecule has 5 nitrogen and oxygen atoms in total. The number of hydrogen-bond donors (Lipinski definition) is 3. The molecule has 0 bridgehead atoms. The van der Waals surface area contributed by atoms with E-state index in [2.05, 4.69) is 36.9 Å². The number of benzene rings is 1. The summed E-state index contributed by atoms with van der Waals surface area (Å²) in [5.74, 6) is 0.682. The molecule has 0 spiro atoms. The number of nitrogens with one attached hydrogen (secondary N) is 3. The third-order valence-corrected chi connectivity index (χ3v) is 2.94. The van der Waals surface area contributed by atoms with E-state index in [0.717, 1.165) is 23.5 Å². The number of hydrogen-bond acceptors (Lipinski definition) is 2. The van der Waals surface area contributed by atoms with Crippen LogP contribution in [0.4, 0.5) is 0 Å². The van der Waals surface area contributed by atoms with Gasteiger partial charge in [-0.05, 0) is 32.0 Å². The van der Waals surface area contributed by atoms with E-state index < -0.39 is 0 Å². The minimum absolute atomic E-state index is 0.0880. The lowest BCUT2D eigenvalue weighted by Gasteiger charge is -2.09. The van der Waals surface area contributed by atoms with Gasteiger partial charge in [0, 0.05) is 29.7 Å². The lowest BCUT2D eigenvalue weighted by molar-refractivity contribution is 0.0954. The fourth-order valence-electron chi connectivity index (χ4n) is 1.58. The first-order valence-corrected chi connectivity index (χ1v) is 7.52. The van der Waals surface area contributed by atoms with Crippen LogP contribution < -0.4 is 16.0 Å². The second-order valence-corrected chi connectivity index (χ2v) is 4.97. The minimum atomic E-state index is -0.0880. The first-order valence-electron chi connectivity index (χ1n) is 6.73. The summed E-state index contributed by atoms with van der Waals surface area (Å²) in [4.78, 5) is 16.2.